The molecular weight excluding hydrogens is 268 g/mol. The molecule has 2 aliphatic heterocycles. The standard InChI is InChI=1S/C16H24N2O3/c1-11-3-2-6-17(8-11)9-12-7-14(16(20)21)15(19)18(10-12)13-4-5-13/h7,10-11,13,15,19H,2-6,8-9H2,1H3,(H,20,21)/t11-,15?/m0/s1. The summed E-state index contributed by atoms with van der Waals surface area (Å²) in [5.74, 6) is -0.318. The molecule has 1 saturated heterocycles. The highest BCUT2D eigenvalue weighted by molar-refractivity contribution is 5.88. The lowest BCUT2D eigenvalue weighted by Crippen LogP contribution is -2.41. The zero-order chi connectivity index (χ0) is 15.0. The molecule has 0 amide bonds. The average Bonchev–Trinajstić information content (AvgIpc) is 3.24. The van der Waals surface area contributed by atoms with Crippen LogP contribution in [0, 0.1) is 5.92 Å². The van der Waals surface area contributed by atoms with E-state index in [2.05, 4.69) is 11.8 Å². The van der Waals surface area contributed by atoms with Gasteiger partial charge in [-0.25, -0.2) is 4.79 Å². The maximum Gasteiger partial charge on any atom is 0.336 e. The van der Waals surface area contributed by atoms with E-state index in [0.717, 1.165) is 38.0 Å². The zero-order valence-corrected chi connectivity index (χ0v) is 12.5. The highest BCUT2D eigenvalue weighted by atomic mass is 16.4. The molecule has 1 unspecified atom stereocenters. The molecule has 21 heavy (non-hydrogen) atoms. The van der Waals surface area contributed by atoms with Gasteiger partial charge in [0, 0.05) is 25.3 Å². The Morgan fingerprint density at radius 2 is 2.14 bits per heavy atom. The van der Waals surface area contributed by atoms with Gasteiger partial charge in [-0.2, -0.15) is 0 Å². The van der Waals surface area contributed by atoms with Gasteiger partial charge in [-0.3, -0.25) is 4.90 Å². The van der Waals surface area contributed by atoms with Crippen LogP contribution in [0.15, 0.2) is 23.4 Å². The van der Waals surface area contributed by atoms with Gasteiger partial charge in [-0.15, -0.1) is 0 Å². The van der Waals surface area contributed by atoms with Crippen molar-refractivity contribution < 1.29 is 15.0 Å². The number of piperidine rings is 1. The number of carbonyl (C=O) groups is 1. The summed E-state index contributed by atoms with van der Waals surface area (Å²) in [6, 6.07) is 0.304. The number of aliphatic hydroxyl groups is 1. The van der Waals surface area contributed by atoms with Crippen molar-refractivity contribution in [3.8, 4) is 0 Å². The average molecular weight is 292 g/mol. The van der Waals surface area contributed by atoms with E-state index in [-0.39, 0.29) is 5.57 Å². The maximum atomic E-state index is 11.3. The normalized spacial score (nSPS) is 30.9. The van der Waals surface area contributed by atoms with Gasteiger partial charge in [-0.05, 0) is 49.8 Å². The summed E-state index contributed by atoms with van der Waals surface area (Å²) in [7, 11) is 0. The monoisotopic (exact) mass is 292 g/mol. The van der Waals surface area contributed by atoms with Gasteiger partial charge < -0.3 is 15.1 Å². The van der Waals surface area contributed by atoms with Crippen molar-refractivity contribution in [3.63, 3.8) is 0 Å². The van der Waals surface area contributed by atoms with Gasteiger partial charge in [0.2, 0.25) is 0 Å². The van der Waals surface area contributed by atoms with Crippen molar-refractivity contribution in [3.05, 3.63) is 23.4 Å². The summed E-state index contributed by atoms with van der Waals surface area (Å²) in [6.07, 6.45) is 7.18. The summed E-state index contributed by atoms with van der Waals surface area (Å²) >= 11 is 0. The van der Waals surface area contributed by atoms with Crippen molar-refractivity contribution >= 4 is 5.97 Å². The Morgan fingerprint density at radius 1 is 1.38 bits per heavy atom. The summed E-state index contributed by atoms with van der Waals surface area (Å²) in [4.78, 5) is 15.6. The molecule has 1 aliphatic carbocycles. The summed E-state index contributed by atoms with van der Waals surface area (Å²) < 4.78 is 0. The topological polar surface area (TPSA) is 64.0 Å². The van der Waals surface area contributed by atoms with E-state index >= 15 is 0 Å². The minimum absolute atomic E-state index is 0.101. The number of hydrogen-bond donors (Lipinski definition) is 2. The third kappa shape index (κ3) is 3.30. The van der Waals surface area contributed by atoms with E-state index in [1.807, 2.05) is 11.1 Å². The van der Waals surface area contributed by atoms with Crippen LogP contribution in [-0.4, -0.2) is 57.9 Å². The van der Waals surface area contributed by atoms with E-state index < -0.39 is 12.2 Å². The number of aliphatic carboxylic acids is 1. The third-order valence-corrected chi connectivity index (χ3v) is 4.58. The number of aliphatic hydroxyl groups excluding tert-OH is 1. The van der Waals surface area contributed by atoms with Gasteiger partial charge in [0.1, 0.15) is 0 Å². The Hall–Kier alpha value is -1.33. The summed E-state index contributed by atoms with van der Waals surface area (Å²) in [6.45, 7) is 5.18. The molecule has 5 heteroatoms. The molecule has 2 atom stereocenters. The molecule has 0 aromatic heterocycles. The largest absolute Gasteiger partial charge is 0.478 e. The van der Waals surface area contributed by atoms with Gasteiger partial charge >= 0.3 is 5.97 Å². The molecule has 2 fully saturated rings. The Kier molecular flexibility index (Phi) is 4.04. The van der Waals surface area contributed by atoms with Crippen LogP contribution in [-0.2, 0) is 4.79 Å². The van der Waals surface area contributed by atoms with Gasteiger partial charge in [-0.1, -0.05) is 6.92 Å². The SMILES string of the molecule is C[C@H]1CCCN(CC2=CN(C3CC3)C(O)C(C(=O)O)=C2)C1. The summed E-state index contributed by atoms with van der Waals surface area (Å²) in [5, 5.41) is 19.5. The van der Waals surface area contributed by atoms with Crippen LogP contribution >= 0.6 is 0 Å². The molecule has 0 bridgehead atoms. The van der Waals surface area contributed by atoms with Crippen molar-refractivity contribution in [1.82, 2.24) is 9.80 Å². The quantitative estimate of drug-likeness (QED) is 0.820. The fourth-order valence-electron chi connectivity index (χ4n) is 3.36. The molecule has 0 spiro atoms. The van der Waals surface area contributed by atoms with Gasteiger partial charge in [0.15, 0.2) is 6.23 Å². The molecule has 3 rings (SSSR count). The number of carboxylic acids is 1. The van der Waals surface area contributed by atoms with E-state index in [1.54, 1.807) is 6.08 Å². The molecule has 1 saturated carbocycles. The lowest BCUT2D eigenvalue weighted by Gasteiger charge is -2.35. The molecular formula is C16H24N2O3. The number of nitrogens with zero attached hydrogens (tertiary/aromatic N) is 2. The van der Waals surface area contributed by atoms with Crippen molar-refractivity contribution in [2.45, 2.75) is 44.9 Å². The molecule has 2 N–H and O–H groups in total. The molecule has 2 heterocycles. The minimum atomic E-state index is -1.02. The second kappa shape index (κ2) is 5.81. The van der Waals surface area contributed by atoms with Crippen LogP contribution in [0.3, 0.4) is 0 Å². The smallest absolute Gasteiger partial charge is 0.336 e. The van der Waals surface area contributed by atoms with E-state index in [1.165, 1.54) is 12.8 Å². The lowest BCUT2D eigenvalue weighted by molar-refractivity contribution is -0.135. The molecule has 116 valence electrons. The highest BCUT2D eigenvalue weighted by Crippen LogP contribution is 2.33. The van der Waals surface area contributed by atoms with Crippen molar-refractivity contribution in [1.29, 1.82) is 0 Å². The molecule has 0 radical (unpaired) electrons. The van der Waals surface area contributed by atoms with Crippen LogP contribution in [0.4, 0.5) is 0 Å². The number of likely N-dealkylation sites (tertiary alicyclic amines) is 1. The number of hydrogen-bond acceptors (Lipinski definition) is 4. The molecule has 0 aromatic carbocycles. The van der Waals surface area contributed by atoms with Crippen molar-refractivity contribution in [2.24, 2.45) is 5.92 Å². The van der Waals surface area contributed by atoms with E-state index in [4.69, 9.17) is 0 Å². The minimum Gasteiger partial charge on any atom is -0.478 e. The third-order valence-electron chi connectivity index (χ3n) is 4.58. The Balaban J connectivity index is 1.75. The first kappa shape index (κ1) is 14.6. The lowest BCUT2D eigenvalue weighted by atomic mass is 9.99. The Labute approximate surface area is 125 Å². The van der Waals surface area contributed by atoms with Gasteiger partial charge in [0.05, 0.1) is 5.57 Å². The summed E-state index contributed by atoms with van der Waals surface area (Å²) in [5.41, 5.74) is 1.10. The van der Waals surface area contributed by atoms with Crippen LogP contribution in [0.25, 0.3) is 0 Å². The fraction of sp³-hybridized carbons (Fsp3) is 0.688. The van der Waals surface area contributed by atoms with Crippen LogP contribution in [0.1, 0.15) is 32.6 Å². The van der Waals surface area contributed by atoms with Crippen molar-refractivity contribution in [2.75, 3.05) is 19.6 Å². The first-order chi connectivity index (χ1) is 10.0. The predicted molar refractivity (Wildman–Crippen MR) is 79.5 cm³/mol. The molecule has 0 aromatic rings. The van der Waals surface area contributed by atoms with Crippen LogP contribution in [0.5, 0.6) is 0 Å². The van der Waals surface area contributed by atoms with Crippen LogP contribution < -0.4 is 0 Å². The van der Waals surface area contributed by atoms with Gasteiger partial charge in [0.25, 0.3) is 0 Å². The highest BCUT2D eigenvalue weighted by Gasteiger charge is 2.37. The Morgan fingerprint density at radius 3 is 2.76 bits per heavy atom. The molecule has 3 aliphatic rings. The predicted octanol–water partition coefficient (Wildman–Crippen LogP) is 1.41. The fourth-order valence-corrected chi connectivity index (χ4v) is 3.36. The van der Waals surface area contributed by atoms with E-state index in [9.17, 15) is 15.0 Å². The second-order valence-electron chi connectivity index (χ2n) is 6.64. The Bertz CT molecular complexity index is 482. The van der Waals surface area contributed by atoms with Crippen LogP contribution in [0.2, 0.25) is 0 Å². The number of rotatable bonds is 4. The molecule has 5 nitrogen and oxygen atoms in total. The van der Waals surface area contributed by atoms with E-state index in [0.29, 0.717) is 12.0 Å². The first-order valence-electron chi connectivity index (χ1n) is 7.88. The number of carboxylic acid groups (broad SMARTS) is 1. The zero-order valence-electron chi connectivity index (χ0n) is 12.5. The first-order valence-corrected chi connectivity index (χ1v) is 7.88. The maximum absolute atomic E-state index is 11.3. The second-order valence-corrected chi connectivity index (χ2v) is 6.64.